The second kappa shape index (κ2) is 3.32. The van der Waals surface area contributed by atoms with E-state index in [1.165, 1.54) is 13.0 Å². The van der Waals surface area contributed by atoms with Crippen LogP contribution in [-0.4, -0.2) is 43.4 Å². The molecule has 1 heterocycles. The van der Waals surface area contributed by atoms with Crippen molar-refractivity contribution in [3.05, 3.63) is 0 Å². The fourth-order valence-electron chi connectivity index (χ4n) is 1.31. The summed E-state index contributed by atoms with van der Waals surface area (Å²) in [6, 6.07) is 0. The molecule has 1 fully saturated rings. The molecule has 0 amide bonds. The first-order valence-electron chi connectivity index (χ1n) is 3.76. The van der Waals surface area contributed by atoms with Crippen LogP contribution in [0, 0.1) is 0 Å². The Hall–Kier alpha value is -0.120. The van der Waals surface area contributed by atoms with Crippen molar-refractivity contribution in [2.75, 3.05) is 27.2 Å². The number of nitrogens with zero attached hydrogens (tertiary/aromatic N) is 2. The van der Waals surface area contributed by atoms with Crippen LogP contribution < -0.4 is 0 Å². The van der Waals surface area contributed by atoms with Crippen LogP contribution in [0.4, 0.5) is 0 Å². The van der Waals surface area contributed by atoms with Gasteiger partial charge in [0.15, 0.2) is 0 Å². The maximum atomic E-state index is 5.17. The lowest BCUT2D eigenvalue weighted by Crippen LogP contribution is -2.49. The third-order valence-corrected chi connectivity index (χ3v) is 2.18. The van der Waals surface area contributed by atoms with Gasteiger partial charge in [0.25, 0.3) is 0 Å². The predicted octanol–water partition coefficient (Wildman–Crippen LogP) is 0.531. The van der Waals surface area contributed by atoms with Crippen molar-refractivity contribution < 1.29 is 4.84 Å². The molecule has 1 aliphatic heterocycles. The van der Waals surface area contributed by atoms with Crippen LogP contribution in [0.2, 0.25) is 0 Å². The summed E-state index contributed by atoms with van der Waals surface area (Å²) in [4.78, 5) is 7.45. The minimum Gasteiger partial charge on any atom is -0.301 e. The van der Waals surface area contributed by atoms with Crippen LogP contribution in [-0.2, 0) is 4.84 Å². The van der Waals surface area contributed by atoms with Crippen molar-refractivity contribution in [2.45, 2.75) is 19.5 Å². The van der Waals surface area contributed by atoms with E-state index >= 15 is 0 Å². The van der Waals surface area contributed by atoms with E-state index in [-0.39, 0.29) is 0 Å². The molecule has 1 unspecified atom stereocenters. The Bertz CT molecular complexity index is 108. The van der Waals surface area contributed by atoms with E-state index in [9.17, 15) is 0 Å². The summed E-state index contributed by atoms with van der Waals surface area (Å²) in [5.41, 5.74) is 0. The highest BCUT2D eigenvalue weighted by molar-refractivity contribution is 4.66. The molecule has 0 spiro atoms. The number of hydrogen-bond acceptors (Lipinski definition) is 3. The summed E-state index contributed by atoms with van der Waals surface area (Å²) in [6.07, 6.45) is 1.63. The molecule has 0 bridgehead atoms. The molecule has 0 aromatic heterocycles. The second-order valence-electron chi connectivity index (χ2n) is 2.79. The maximum absolute atomic E-state index is 5.17. The van der Waals surface area contributed by atoms with Crippen LogP contribution in [0.3, 0.4) is 0 Å². The standard InChI is InChI=1S/C7H16N2O/c1-7-8(2)5-4-6-9(7)10-3/h7H,4-6H2,1-3H3. The van der Waals surface area contributed by atoms with Crippen molar-refractivity contribution >= 4 is 0 Å². The van der Waals surface area contributed by atoms with Crippen molar-refractivity contribution in [1.29, 1.82) is 0 Å². The quantitative estimate of drug-likeness (QED) is 0.534. The molecular weight excluding hydrogens is 128 g/mol. The highest BCUT2D eigenvalue weighted by Crippen LogP contribution is 2.10. The minimum atomic E-state index is 0.429. The molecule has 0 aromatic carbocycles. The molecule has 0 N–H and O–H groups in total. The highest BCUT2D eigenvalue weighted by Gasteiger charge is 2.21. The third kappa shape index (κ3) is 1.48. The molecule has 1 atom stereocenters. The normalized spacial score (nSPS) is 30.9. The van der Waals surface area contributed by atoms with E-state index in [2.05, 4.69) is 18.9 Å². The first-order valence-corrected chi connectivity index (χ1v) is 3.76. The van der Waals surface area contributed by atoms with Gasteiger partial charge in [-0.15, -0.1) is 0 Å². The third-order valence-electron chi connectivity index (χ3n) is 2.18. The number of hydroxylamine groups is 2. The topological polar surface area (TPSA) is 15.7 Å². The fraction of sp³-hybridized carbons (Fsp3) is 1.00. The average Bonchev–Trinajstić information content (AvgIpc) is 1.95. The van der Waals surface area contributed by atoms with Gasteiger partial charge in [-0.2, -0.15) is 5.06 Å². The van der Waals surface area contributed by atoms with Crippen molar-refractivity contribution in [3.8, 4) is 0 Å². The Morgan fingerprint density at radius 1 is 1.40 bits per heavy atom. The SMILES string of the molecule is CON1CCCN(C)C1C. The van der Waals surface area contributed by atoms with Gasteiger partial charge >= 0.3 is 0 Å². The van der Waals surface area contributed by atoms with Gasteiger partial charge in [-0.3, -0.25) is 4.90 Å². The second-order valence-corrected chi connectivity index (χ2v) is 2.79. The van der Waals surface area contributed by atoms with Crippen molar-refractivity contribution in [3.63, 3.8) is 0 Å². The van der Waals surface area contributed by atoms with E-state index in [1.54, 1.807) is 7.11 Å². The molecule has 0 aliphatic carbocycles. The summed E-state index contributed by atoms with van der Waals surface area (Å²) < 4.78 is 0. The van der Waals surface area contributed by atoms with Gasteiger partial charge in [0, 0.05) is 13.1 Å². The minimum absolute atomic E-state index is 0.429. The lowest BCUT2D eigenvalue weighted by Gasteiger charge is -2.38. The zero-order chi connectivity index (χ0) is 7.56. The molecular formula is C7H16N2O. The van der Waals surface area contributed by atoms with E-state index in [1.807, 2.05) is 5.06 Å². The first-order chi connectivity index (χ1) is 4.75. The lowest BCUT2D eigenvalue weighted by atomic mass is 10.3. The van der Waals surface area contributed by atoms with Crippen molar-refractivity contribution in [1.82, 2.24) is 9.96 Å². The van der Waals surface area contributed by atoms with Gasteiger partial charge in [-0.05, 0) is 20.4 Å². The zero-order valence-corrected chi connectivity index (χ0v) is 7.00. The van der Waals surface area contributed by atoms with Gasteiger partial charge in [0.05, 0.1) is 13.3 Å². The Morgan fingerprint density at radius 2 is 2.10 bits per heavy atom. The zero-order valence-electron chi connectivity index (χ0n) is 7.00. The fourth-order valence-corrected chi connectivity index (χ4v) is 1.31. The van der Waals surface area contributed by atoms with Crippen LogP contribution >= 0.6 is 0 Å². The van der Waals surface area contributed by atoms with Gasteiger partial charge in [0.1, 0.15) is 0 Å². The number of hydrogen-bond donors (Lipinski definition) is 0. The summed E-state index contributed by atoms with van der Waals surface area (Å²) >= 11 is 0. The Kier molecular flexibility index (Phi) is 2.65. The van der Waals surface area contributed by atoms with Crippen LogP contribution in [0.25, 0.3) is 0 Å². The van der Waals surface area contributed by atoms with Crippen molar-refractivity contribution in [2.24, 2.45) is 0 Å². The summed E-state index contributed by atoms with van der Waals surface area (Å²) in [7, 11) is 3.85. The summed E-state index contributed by atoms with van der Waals surface area (Å²) in [6.45, 7) is 4.39. The average molecular weight is 144 g/mol. The van der Waals surface area contributed by atoms with E-state index in [4.69, 9.17) is 4.84 Å². The van der Waals surface area contributed by atoms with Crippen LogP contribution in [0.15, 0.2) is 0 Å². The lowest BCUT2D eigenvalue weighted by molar-refractivity contribution is -0.206. The molecule has 0 radical (unpaired) electrons. The Morgan fingerprint density at radius 3 is 2.60 bits per heavy atom. The Labute approximate surface area is 62.5 Å². The number of rotatable bonds is 1. The predicted molar refractivity (Wildman–Crippen MR) is 40.4 cm³/mol. The molecule has 0 saturated carbocycles. The van der Waals surface area contributed by atoms with Gasteiger partial charge < -0.3 is 4.84 Å². The smallest absolute Gasteiger partial charge is 0.0837 e. The summed E-state index contributed by atoms with van der Waals surface area (Å²) in [5, 5.41) is 2.00. The van der Waals surface area contributed by atoms with E-state index < -0.39 is 0 Å². The van der Waals surface area contributed by atoms with Gasteiger partial charge in [0.2, 0.25) is 0 Å². The molecule has 0 aromatic rings. The van der Waals surface area contributed by atoms with E-state index in [0.29, 0.717) is 6.17 Å². The first kappa shape index (κ1) is 7.98. The van der Waals surface area contributed by atoms with Gasteiger partial charge in [-0.25, -0.2) is 0 Å². The molecule has 1 saturated heterocycles. The largest absolute Gasteiger partial charge is 0.301 e. The Balaban J connectivity index is 2.42. The highest BCUT2D eigenvalue weighted by atomic mass is 16.7. The maximum Gasteiger partial charge on any atom is 0.0837 e. The monoisotopic (exact) mass is 144 g/mol. The molecule has 1 aliphatic rings. The molecule has 3 heteroatoms. The summed E-state index contributed by atoms with van der Waals surface area (Å²) in [5.74, 6) is 0. The molecule has 3 nitrogen and oxygen atoms in total. The van der Waals surface area contributed by atoms with Crippen LogP contribution in [0.5, 0.6) is 0 Å². The molecule has 60 valence electrons. The molecule has 10 heavy (non-hydrogen) atoms. The molecule has 1 rings (SSSR count). The van der Waals surface area contributed by atoms with E-state index in [0.717, 1.165) is 6.54 Å². The van der Waals surface area contributed by atoms with Crippen LogP contribution in [0.1, 0.15) is 13.3 Å². The van der Waals surface area contributed by atoms with Gasteiger partial charge in [-0.1, -0.05) is 0 Å².